The number of benzene rings is 1. The fraction of sp³-hybridized carbons (Fsp3) is 0.478. The molecule has 3 aromatic rings. The minimum Gasteiger partial charge on any atom is -0.488 e. The van der Waals surface area contributed by atoms with Crippen molar-refractivity contribution in [3.63, 3.8) is 0 Å². The standard InChI is InChI=1S/C23H27FN6O2/c1-15-19(24)14-27-23(28-15)29-16-2-4-18(5-3-16)32-21-13-17(30-8-10-31-11-9-30)12-20-22(21)26-7-6-25-20/h6-7,12-14,16,18H,2-5,8-11H2,1H3,(H,27,28,29). The monoisotopic (exact) mass is 438 g/mol. The topological polar surface area (TPSA) is 85.3 Å². The second-order valence-electron chi connectivity index (χ2n) is 8.33. The van der Waals surface area contributed by atoms with Crippen LogP contribution in [0.5, 0.6) is 5.75 Å². The molecule has 0 radical (unpaired) electrons. The zero-order valence-corrected chi connectivity index (χ0v) is 18.1. The fourth-order valence-corrected chi connectivity index (χ4v) is 4.33. The van der Waals surface area contributed by atoms with Gasteiger partial charge in [-0.2, -0.15) is 0 Å². The summed E-state index contributed by atoms with van der Waals surface area (Å²) in [5.41, 5.74) is 3.08. The van der Waals surface area contributed by atoms with Crippen molar-refractivity contribution in [3.8, 4) is 5.75 Å². The molecule has 2 aliphatic rings. The zero-order chi connectivity index (χ0) is 21.9. The first-order chi connectivity index (χ1) is 15.7. The minimum atomic E-state index is -0.387. The molecule has 1 saturated carbocycles. The van der Waals surface area contributed by atoms with Gasteiger partial charge in [0.2, 0.25) is 5.95 Å². The van der Waals surface area contributed by atoms with Crippen LogP contribution in [0.25, 0.3) is 11.0 Å². The number of nitrogens with one attached hydrogen (secondary N) is 1. The number of fused-ring (bicyclic) bond motifs is 1. The minimum absolute atomic E-state index is 0.106. The van der Waals surface area contributed by atoms with Crippen LogP contribution in [-0.4, -0.2) is 58.4 Å². The van der Waals surface area contributed by atoms with E-state index in [9.17, 15) is 4.39 Å². The molecule has 8 nitrogen and oxygen atoms in total. The van der Waals surface area contributed by atoms with E-state index >= 15 is 0 Å². The third-order valence-corrected chi connectivity index (χ3v) is 6.12. The van der Waals surface area contributed by atoms with E-state index in [2.05, 4.69) is 42.3 Å². The van der Waals surface area contributed by atoms with Gasteiger partial charge in [-0.1, -0.05) is 0 Å². The number of anilines is 2. The quantitative estimate of drug-likeness (QED) is 0.648. The smallest absolute Gasteiger partial charge is 0.223 e. The van der Waals surface area contributed by atoms with Crippen LogP contribution in [0.1, 0.15) is 31.4 Å². The largest absolute Gasteiger partial charge is 0.488 e. The van der Waals surface area contributed by atoms with Crippen molar-refractivity contribution in [1.82, 2.24) is 19.9 Å². The Balaban J connectivity index is 1.27. The van der Waals surface area contributed by atoms with Crippen LogP contribution in [0.15, 0.2) is 30.7 Å². The lowest BCUT2D eigenvalue weighted by atomic mass is 9.93. The first-order valence-corrected chi connectivity index (χ1v) is 11.2. The van der Waals surface area contributed by atoms with Crippen molar-refractivity contribution in [2.24, 2.45) is 0 Å². The summed E-state index contributed by atoms with van der Waals surface area (Å²) in [5.74, 6) is 0.876. The lowest BCUT2D eigenvalue weighted by Gasteiger charge is -2.31. The maximum absolute atomic E-state index is 13.4. The molecule has 3 heterocycles. The third kappa shape index (κ3) is 4.57. The Morgan fingerprint density at radius 1 is 1.06 bits per heavy atom. The van der Waals surface area contributed by atoms with E-state index in [1.54, 1.807) is 19.3 Å². The van der Waals surface area contributed by atoms with Crippen molar-refractivity contribution >= 4 is 22.7 Å². The molecular formula is C23H27FN6O2. The lowest BCUT2D eigenvalue weighted by molar-refractivity contribution is 0.122. The van der Waals surface area contributed by atoms with E-state index < -0.39 is 0 Å². The van der Waals surface area contributed by atoms with Gasteiger partial charge in [0.15, 0.2) is 5.82 Å². The van der Waals surface area contributed by atoms with Crippen LogP contribution in [-0.2, 0) is 4.74 Å². The molecule has 1 aliphatic carbocycles. The highest BCUT2D eigenvalue weighted by Gasteiger charge is 2.25. The van der Waals surface area contributed by atoms with Crippen LogP contribution in [0.2, 0.25) is 0 Å². The van der Waals surface area contributed by atoms with Gasteiger partial charge in [0.25, 0.3) is 0 Å². The highest BCUT2D eigenvalue weighted by Crippen LogP contribution is 2.33. The van der Waals surface area contributed by atoms with Gasteiger partial charge in [-0.3, -0.25) is 4.98 Å². The Bertz CT molecular complexity index is 1080. The summed E-state index contributed by atoms with van der Waals surface area (Å²) in [5, 5.41) is 3.33. The summed E-state index contributed by atoms with van der Waals surface area (Å²) in [6.07, 6.45) is 8.40. The SMILES string of the molecule is Cc1nc(NC2CCC(Oc3cc(N4CCOCC4)cc4nccnc34)CC2)ncc1F. The molecular weight excluding hydrogens is 411 g/mol. The van der Waals surface area contributed by atoms with Crippen molar-refractivity contribution in [3.05, 3.63) is 42.2 Å². The highest BCUT2D eigenvalue weighted by atomic mass is 19.1. The Labute approximate surface area is 186 Å². The predicted molar refractivity (Wildman–Crippen MR) is 120 cm³/mol. The molecule has 2 aromatic heterocycles. The Morgan fingerprint density at radius 3 is 2.62 bits per heavy atom. The van der Waals surface area contributed by atoms with Gasteiger partial charge in [0, 0.05) is 43.3 Å². The van der Waals surface area contributed by atoms with E-state index in [0.29, 0.717) is 11.6 Å². The average Bonchev–Trinajstić information content (AvgIpc) is 2.83. The number of aromatic nitrogens is 4. The van der Waals surface area contributed by atoms with E-state index in [0.717, 1.165) is 74.5 Å². The number of hydrogen-bond acceptors (Lipinski definition) is 8. The molecule has 9 heteroatoms. The van der Waals surface area contributed by atoms with Gasteiger partial charge in [0.1, 0.15) is 11.3 Å². The molecule has 1 saturated heterocycles. The first kappa shape index (κ1) is 20.8. The summed E-state index contributed by atoms with van der Waals surface area (Å²) in [7, 11) is 0. The summed E-state index contributed by atoms with van der Waals surface area (Å²) in [6.45, 7) is 4.80. The average molecular weight is 439 g/mol. The summed E-state index contributed by atoms with van der Waals surface area (Å²) >= 11 is 0. The lowest BCUT2D eigenvalue weighted by Crippen LogP contribution is -2.36. The van der Waals surface area contributed by atoms with Gasteiger partial charge in [-0.05, 0) is 38.7 Å². The molecule has 168 valence electrons. The van der Waals surface area contributed by atoms with Gasteiger partial charge in [0.05, 0.1) is 36.7 Å². The predicted octanol–water partition coefficient (Wildman–Crippen LogP) is 3.51. The highest BCUT2D eigenvalue weighted by molar-refractivity contribution is 5.85. The summed E-state index contributed by atoms with van der Waals surface area (Å²) in [6, 6.07) is 4.41. The number of nitrogens with zero attached hydrogens (tertiary/aromatic N) is 5. The first-order valence-electron chi connectivity index (χ1n) is 11.2. The molecule has 0 bridgehead atoms. The molecule has 1 aliphatic heterocycles. The van der Waals surface area contributed by atoms with Crippen molar-refractivity contribution in [1.29, 1.82) is 0 Å². The van der Waals surface area contributed by atoms with Gasteiger partial charge < -0.3 is 19.7 Å². The second kappa shape index (κ2) is 9.20. The normalized spacial score (nSPS) is 21.5. The molecule has 1 aromatic carbocycles. The molecule has 0 amide bonds. The number of halogens is 1. The van der Waals surface area contributed by atoms with Crippen molar-refractivity contribution in [2.75, 3.05) is 36.5 Å². The van der Waals surface area contributed by atoms with Crippen LogP contribution < -0.4 is 15.0 Å². The maximum Gasteiger partial charge on any atom is 0.223 e. The van der Waals surface area contributed by atoms with Crippen molar-refractivity contribution < 1.29 is 13.9 Å². The third-order valence-electron chi connectivity index (χ3n) is 6.12. The zero-order valence-electron chi connectivity index (χ0n) is 18.1. The maximum atomic E-state index is 13.4. The Kier molecular flexibility index (Phi) is 5.98. The number of morpholine rings is 1. The number of rotatable bonds is 5. The molecule has 5 rings (SSSR count). The molecule has 2 fully saturated rings. The summed E-state index contributed by atoms with van der Waals surface area (Å²) in [4.78, 5) is 19.6. The van der Waals surface area contributed by atoms with Crippen LogP contribution in [0.3, 0.4) is 0 Å². The number of ether oxygens (including phenoxy) is 2. The molecule has 32 heavy (non-hydrogen) atoms. The number of aryl methyl sites for hydroxylation is 1. The van der Waals surface area contributed by atoms with E-state index in [1.807, 2.05) is 0 Å². The van der Waals surface area contributed by atoms with Crippen LogP contribution >= 0.6 is 0 Å². The van der Waals surface area contributed by atoms with Crippen molar-refractivity contribution in [2.45, 2.75) is 44.8 Å². The van der Waals surface area contributed by atoms with Gasteiger partial charge in [-0.25, -0.2) is 19.3 Å². The van der Waals surface area contributed by atoms with Gasteiger partial charge >= 0.3 is 0 Å². The second-order valence-corrected chi connectivity index (χ2v) is 8.33. The van der Waals surface area contributed by atoms with E-state index in [-0.39, 0.29) is 18.0 Å². The molecule has 0 atom stereocenters. The van der Waals surface area contributed by atoms with Crippen LogP contribution in [0, 0.1) is 12.7 Å². The van der Waals surface area contributed by atoms with Crippen LogP contribution in [0.4, 0.5) is 16.0 Å². The van der Waals surface area contributed by atoms with E-state index in [1.165, 1.54) is 6.20 Å². The summed E-state index contributed by atoms with van der Waals surface area (Å²) < 4.78 is 25.4. The molecule has 0 spiro atoms. The Morgan fingerprint density at radius 2 is 1.84 bits per heavy atom. The fourth-order valence-electron chi connectivity index (χ4n) is 4.33. The van der Waals surface area contributed by atoms with E-state index in [4.69, 9.17) is 9.47 Å². The molecule has 0 unspecified atom stereocenters. The molecule has 1 N–H and O–H groups in total. The Hall–Kier alpha value is -3.07. The van der Waals surface area contributed by atoms with Gasteiger partial charge in [-0.15, -0.1) is 0 Å². The number of hydrogen-bond donors (Lipinski definition) is 1.